The van der Waals surface area contributed by atoms with Crippen LogP contribution in [0, 0.1) is 0 Å². The van der Waals surface area contributed by atoms with Crippen LogP contribution in [0.25, 0.3) is 0 Å². The summed E-state index contributed by atoms with van der Waals surface area (Å²) in [5, 5.41) is -0.456. The number of esters is 1. The molecule has 0 aromatic heterocycles. The molecule has 1 atom stereocenters. The molecule has 8 heteroatoms. The lowest BCUT2D eigenvalue weighted by molar-refractivity contribution is -0.145. The Morgan fingerprint density at radius 3 is 2.75 bits per heavy atom. The zero-order valence-electron chi connectivity index (χ0n) is 13.1. The van der Waals surface area contributed by atoms with E-state index in [9.17, 15) is 22.8 Å². The molecule has 0 bridgehead atoms. The molecule has 24 heavy (non-hydrogen) atoms. The van der Waals surface area contributed by atoms with E-state index in [-0.39, 0.29) is 25.4 Å². The molecule has 1 heterocycles. The molecule has 1 aromatic carbocycles. The number of rotatable bonds is 5. The van der Waals surface area contributed by atoms with E-state index >= 15 is 0 Å². The van der Waals surface area contributed by atoms with Gasteiger partial charge in [-0.1, -0.05) is 12.1 Å². The number of alkyl halides is 3. The SMILES string of the molecule is CCOC(=O)CCC(=O)N1CCSC1c1cccc(C(F)(F)F)c1. The molecule has 0 saturated carbocycles. The number of hydrogen-bond acceptors (Lipinski definition) is 4. The molecule has 4 nitrogen and oxygen atoms in total. The first kappa shape index (κ1) is 18.6. The lowest BCUT2D eigenvalue weighted by Crippen LogP contribution is -2.30. The van der Waals surface area contributed by atoms with Gasteiger partial charge in [-0.25, -0.2) is 0 Å². The lowest BCUT2D eigenvalue weighted by Gasteiger charge is -2.24. The molecule has 1 aliphatic rings. The van der Waals surface area contributed by atoms with Gasteiger partial charge < -0.3 is 9.64 Å². The van der Waals surface area contributed by atoms with Crippen molar-refractivity contribution in [2.24, 2.45) is 0 Å². The summed E-state index contributed by atoms with van der Waals surface area (Å²) in [7, 11) is 0. The van der Waals surface area contributed by atoms with Crippen molar-refractivity contribution in [3.8, 4) is 0 Å². The number of halogens is 3. The molecule has 0 N–H and O–H groups in total. The van der Waals surface area contributed by atoms with Crippen molar-refractivity contribution in [2.45, 2.75) is 31.3 Å². The summed E-state index contributed by atoms with van der Waals surface area (Å²) in [6.45, 7) is 2.38. The molecule has 1 saturated heterocycles. The normalized spacial score (nSPS) is 17.8. The monoisotopic (exact) mass is 361 g/mol. The van der Waals surface area contributed by atoms with Crippen molar-refractivity contribution < 1.29 is 27.5 Å². The molecule has 132 valence electrons. The van der Waals surface area contributed by atoms with Gasteiger partial charge in [0.15, 0.2) is 0 Å². The van der Waals surface area contributed by atoms with Crippen molar-refractivity contribution in [3.05, 3.63) is 35.4 Å². The summed E-state index contributed by atoms with van der Waals surface area (Å²) in [5.41, 5.74) is -0.289. The van der Waals surface area contributed by atoms with Crippen molar-refractivity contribution in [1.82, 2.24) is 4.90 Å². The van der Waals surface area contributed by atoms with E-state index in [0.29, 0.717) is 17.9 Å². The van der Waals surface area contributed by atoms with Crippen LogP contribution in [0.4, 0.5) is 13.2 Å². The second-order valence-corrected chi connectivity index (χ2v) is 6.43. The Labute approximate surface area is 142 Å². The molecule has 2 rings (SSSR count). The third kappa shape index (κ3) is 4.66. The van der Waals surface area contributed by atoms with Crippen molar-refractivity contribution in [3.63, 3.8) is 0 Å². The highest BCUT2D eigenvalue weighted by molar-refractivity contribution is 7.99. The molecule has 1 amide bonds. The average Bonchev–Trinajstić information content (AvgIpc) is 3.02. The molecule has 0 aliphatic carbocycles. The van der Waals surface area contributed by atoms with Crippen molar-refractivity contribution in [1.29, 1.82) is 0 Å². The zero-order chi connectivity index (χ0) is 17.7. The zero-order valence-corrected chi connectivity index (χ0v) is 14.0. The van der Waals surface area contributed by atoms with Crippen LogP contribution in [0.2, 0.25) is 0 Å². The van der Waals surface area contributed by atoms with E-state index in [1.807, 2.05) is 0 Å². The number of thioether (sulfide) groups is 1. The first-order valence-electron chi connectivity index (χ1n) is 7.56. The molecule has 0 radical (unpaired) electrons. The summed E-state index contributed by atoms with van der Waals surface area (Å²) in [6, 6.07) is 5.02. The molecule has 1 aromatic rings. The van der Waals surface area contributed by atoms with Crippen LogP contribution in [0.1, 0.15) is 36.3 Å². The molecular formula is C16H18F3NO3S. The van der Waals surface area contributed by atoms with Crippen LogP contribution >= 0.6 is 11.8 Å². The van der Waals surface area contributed by atoms with E-state index < -0.39 is 23.1 Å². The van der Waals surface area contributed by atoms with Gasteiger partial charge >= 0.3 is 12.1 Å². The largest absolute Gasteiger partial charge is 0.466 e. The van der Waals surface area contributed by atoms with Gasteiger partial charge in [-0.05, 0) is 24.6 Å². The van der Waals surface area contributed by atoms with E-state index in [4.69, 9.17) is 4.74 Å². The molecule has 1 aliphatic heterocycles. The lowest BCUT2D eigenvalue weighted by atomic mass is 10.1. The first-order chi connectivity index (χ1) is 11.3. The molecule has 0 spiro atoms. The van der Waals surface area contributed by atoms with Crippen LogP contribution in [-0.4, -0.2) is 35.7 Å². The van der Waals surface area contributed by atoms with Crippen LogP contribution in [-0.2, 0) is 20.5 Å². The third-order valence-corrected chi connectivity index (χ3v) is 4.82. The van der Waals surface area contributed by atoms with Crippen LogP contribution in [0.5, 0.6) is 0 Å². The summed E-state index contributed by atoms with van der Waals surface area (Å²) in [6.07, 6.45) is -4.45. The minimum Gasteiger partial charge on any atom is -0.466 e. The van der Waals surface area contributed by atoms with Gasteiger partial charge in [0.1, 0.15) is 5.37 Å². The van der Waals surface area contributed by atoms with E-state index in [1.165, 1.54) is 22.7 Å². The predicted octanol–water partition coefficient (Wildman–Crippen LogP) is 3.62. The number of carbonyl (C=O) groups excluding carboxylic acids is 2. The fraction of sp³-hybridized carbons (Fsp3) is 0.500. The first-order valence-corrected chi connectivity index (χ1v) is 8.61. The van der Waals surface area contributed by atoms with Crippen molar-refractivity contribution >= 4 is 23.6 Å². The second-order valence-electron chi connectivity index (χ2n) is 5.24. The fourth-order valence-electron chi connectivity index (χ4n) is 2.46. The van der Waals surface area contributed by atoms with E-state index in [0.717, 1.165) is 12.1 Å². The Balaban J connectivity index is 2.07. The highest BCUT2D eigenvalue weighted by Gasteiger charge is 2.34. The van der Waals surface area contributed by atoms with E-state index in [2.05, 4.69) is 0 Å². The number of nitrogens with zero attached hydrogens (tertiary/aromatic N) is 1. The topological polar surface area (TPSA) is 46.6 Å². The standard InChI is InChI=1S/C16H18F3NO3S/c1-2-23-14(22)7-6-13(21)20-8-9-24-15(20)11-4-3-5-12(10-11)16(17,18)19/h3-5,10,15H,2,6-9H2,1H3. The third-order valence-electron chi connectivity index (χ3n) is 3.56. The number of benzene rings is 1. The minimum atomic E-state index is -4.42. The quantitative estimate of drug-likeness (QED) is 0.752. The fourth-order valence-corrected chi connectivity index (χ4v) is 3.72. The number of carbonyl (C=O) groups is 2. The molecular weight excluding hydrogens is 343 g/mol. The minimum absolute atomic E-state index is 0.00510. The van der Waals surface area contributed by atoms with Gasteiger partial charge in [0.25, 0.3) is 0 Å². The Morgan fingerprint density at radius 2 is 2.08 bits per heavy atom. The summed E-state index contributed by atoms with van der Waals surface area (Å²) < 4.78 is 43.3. The second kappa shape index (κ2) is 7.92. The predicted molar refractivity (Wildman–Crippen MR) is 84.2 cm³/mol. The van der Waals surface area contributed by atoms with Crippen LogP contribution in [0.3, 0.4) is 0 Å². The van der Waals surface area contributed by atoms with Gasteiger partial charge in [-0.2, -0.15) is 13.2 Å². The Hall–Kier alpha value is -1.70. The Morgan fingerprint density at radius 1 is 1.33 bits per heavy atom. The Kier molecular flexibility index (Phi) is 6.15. The summed E-state index contributed by atoms with van der Waals surface area (Å²) >= 11 is 1.42. The van der Waals surface area contributed by atoms with Crippen LogP contribution in [0.15, 0.2) is 24.3 Å². The average molecular weight is 361 g/mol. The molecule has 1 fully saturated rings. The highest BCUT2D eigenvalue weighted by Crippen LogP contribution is 2.40. The molecule has 1 unspecified atom stereocenters. The number of amides is 1. The smallest absolute Gasteiger partial charge is 0.416 e. The van der Waals surface area contributed by atoms with Gasteiger partial charge in [0.05, 0.1) is 18.6 Å². The summed E-state index contributed by atoms with van der Waals surface area (Å²) in [4.78, 5) is 25.2. The summed E-state index contributed by atoms with van der Waals surface area (Å²) in [5.74, 6) is -0.0599. The van der Waals surface area contributed by atoms with Gasteiger partial charge in [0, 0.05) is 18.7 Å². The van der Waals surface area contributed by atoms with Gasteiger partial charge in [-0.3, -0.25) is 9.59 Å². The number of ether oxygens (including phenoxy) is 1. The van der Waals surface area contributed by atoms with Gasteiger partial charge in [0.2, 0.25) is 5.91 Å². The maximum atomic E-state index is 12.9. The van der Waals surface area contributed by atoms with E-state index in [1.54, 1.807) is 13.0 Å². The van der Waals surface area contributed by atoms with Crippen LogP contribution < -0.4 is 0 Å². The van der Waals surface area contributed by atoms with Gasteiger partial charge in [-0.15, -0.1) is 11.8 Å². The maximum Gasteiger partial charge on any atom is 0.416 e. The maximum absolute atomic E-state index is 12.9. The van der Waals surface area contributed by atoms with Crippen molar-refractivity contribution in [2.75, 3.05) is 18.9 Å². The highest BCUT2D eigenvalue weighted by atomic mass is 32.2. The number of hydrogen-bond donors (Lipinski definition) is 0. The Bertz CT molecular complexity index is 606.